The third-order valence-corrected chi connectivity index (χ3v) is 4.96. The number of aromatic nitrogens is 1. The zero-order chi connectivity index (χ0) is 18.7. The average Bonchev–Trinajstić information content (AvgIpc) is 2.65. The molecule has 1 aromatic heterocycles. The first-order valence-corrected chi connectivity index (χ1v) is 8.86. The first kappa shape index (κ1) is 18.2. The minimum absolute atomic E-state index is 0.0457. The number of benzene rings is 1. The Labute approximate surface area is 157 Å². The largest absolute Gasteiger partial charge is 0.340 e. The lowest BCUT2D eigenvalue weighted by Gasteiger charge is -2.34. The Kier molecular flexibility index (Phi) is 5.42. The fourth-order valence-electron chi connectivity index (χ4n) is 2.92. The van der Waals surface area contributed by atoms with Gasteiger partial charge in [0.15, 0.2) is 0 Å². The van der Waals surface area contributed by atoms with Crippen LogP contribution in [0.4, 0.5) is 11.5 Å². The number of rotatable bonds is 3. The van der Waals surface area contributed by atoms with Crippen molar-refractivity contribution in [3.8, 4) is 0 Å². The van der Waals surface area contributed by atoms with Gasteiger partial charge in [0.25, 0.3) is 5.91 Å². The van der Waals surface area contributed by atoms with Crippen LogP contribution in [-0.4, -0.2) is 52.8 Å². The second kappa shape index (κ2) is 7.74. The molecule has 26 heavy (non-hydrogen) atoms. The van der Waals surface area contributed by atoms with Gasteiger partial charge in [-0.25, -0.2) is 4.98 Å². The molecule has 2 amide bonds. The van der Waals surface area contributed by atoms with Crippen molar-refractivity contribution < 1.29 is 9.59 Å². The highest BCUT2D eigenvalue weighted by Crippen LogP contribution is 2.25. The zero-order valence-corrected chi connectivity index (χ0v) is 15.6. The predicted octanol–water partition coefficient (Wildman–Crippen LogP) is 3.09. The third kappa shape index (κ3) is 3.96. The molecular formula is C19H21ClN4O2. The van der Waals surface area contributed by atoms with Crippen LogP contribution in [0.5, 0.6) is 0 Å². The Hall–Kier alpha value is -2.60. The Balaban J connectivity index is 1.72. The number of carbonyl (C=O) groups excluding carboxylic acids is 2. The first-order chi connectivity index (χ1) is 12.5. The molecule has 0 radical (unpaired) electrons. The van der Waals surface area contributed by atoms with E-state index in [2.05, 4.69) is 10.3 Å². The monoisotopic (exact) mass is 372 g/mol. The molecular weight excluding hydrogens is 352 g/mol. The Morgan fingerprint density at radius 1 is 1.12 bits per heavy atom. The molecule has 2 aromatic rings. The van der Waals surface area contributed by atoms with Crippen molar-refractivity contribution in [3.05, 3.63) is 52.7 Å². The van der Waals surface area contributed by atoms with Crippen molar-refractivity contribution in [3.63, 3.8) is 0 Å². The minimum atomic E-state index is -0.0542. The number of carbonyl (C=O) groups is 2. The van der Waals surface area contributed by atoms with Gasteiger partial charge in [-0.05, 0) is 36.8 Å². The van der Waals surface area contributed by atoms with Crippen LogP contribution in [0.15, 0.2) is 36.5 Å². The van der Waals surface area contributed by atoms with E-state index < -0.39 is 0 Å². The van der Waals surface area contributed by atoms with Gasteiger partial charge in [0.2, 0.25) is 5.91 Å². The molecule has 0 unspecified atom stereocenters. The molecule has 0 spiro atoms. The molecule has 0 saturated carbocycles. The maximum Gasteiger partial charge on any atom is 0.254 e. The molecule has 3 rings (SSSR count). The van der Waals surface area contributed by atoms with Gasteiger partial charge in [0.05, 0.1) is 0 Å². The van der Waals surface area contributed by atoms with Gasteiger partial charge >= 0.3 is 0 Å². The molecule has 0 aliphatic carbocycles. The highest BCUT2D eigenvalue weighted by molar-refractivity contribution is 6.31. The molecule has 1 fully saturated rings. The normalized spacial score (nSPS) is 14.3. The molecule has 1 aliphatic rings. The number of amides is 2. The molecule has 2 heterocycles. The summed E-state index contributed by atoms with van der Waals surface area (Å²) in [5.74, 6) is 0.578. The number of hydrogen-bond donors (Lipinski definition) is 1. The second-order valence-corrected chi connectivity index (χ2v) is 6.67. The lowest BCUT2D eigenvalue weighted by Crippen LogP contribution is -2.50. The van der Waals surface area contributed by atoms with Crippen LogP contribution in [0.1, 0.15) is 22.8 Å². The Morgan fingerprint density at radius 3 is 2.50 bits per heavy atom. The molecule has 6 nitrogen and oxygen atoms in total. The van der Waals surface area contributed by atoms with Crippen molar-refractivity contribution in [2.75, 3.05) is 31.5 Å². The maximum absolute atomic E-state index is 12.7. The van der Waals surface area contributed by atoms with E-state index in [0.717, 1.165) is 11.3 Å². The lowest BCUT2D eigenvalue weighted by molar-refractivity contribution is -0.130. The van der Waals surface area contributed by atoms with Crippen molar-refractivity contribution >= 4 is 34.9 Å². The van der Waals surface area contributed by atoms with Gasteiger partial charge in [-0.2, -0.15) is 0 Å². The van der Waals surface area contributed by atoms with Crippen LogP contribution in [0.3, 0.4) is 0 Å². The summed E-state index contributed by atoms with van der Waals surface area (Å²) in [5, 5.41) is 3.89. The van der Waals surface area contributed by atoms with E-state index in [-0.39, 0.29) is 11.8 Å². The van der Waals surface area contributed by atoms with Gasteiger partial charge < -0.3 is 15.1 Å². The summed E-state index contributed by atoms with van der Waals surface area (Å²) < 4.78 is 0. The Bertz CT molecular complexity index is 832. The van der Waals surface area contributed by atoms with Gasteiger partial charge in [-0.3, -0.25) is 9.59 Å². The fraction of sp³-hybridized carbons (Fsp3) is 0.316. The van der Waals surface area contributed by atoms with Crippen molar-refractivity contribution in [1.82, 2.24) is 14.8 Å². The Morgan fingerprint density at radius 2 is 1.81 bits per heavy atom. The molecule has 1 aliphatic heterocycles. The summed E-state index contributed by atoms with van der Waals surface area (Å²) in [6.07, 6.45) is 1.61. The average molecular weight is 373 g/mol. The summed E-state index contributed by atoms with van der Waals surface area (Å²) in [7, 11) is 0. The highest BCUT2D eigenvalue weighted by atomic mass is 35.5. The summed E-state index contributed by atoms with van der Waals surface area (Å²) in [4.78, 5) is 32.0. The summed E-state index contributed by atoms with van der Waals surface area (Å²) >= 11 is 6.15. The molecule has 1 aromatic carbocycles. The van der Waals surface area contributed by atoms with Gasteiger partial charge in [-0.1, -0.05) is 17.7 Å². The van der Waals surface area contributed by atoms with E-state index in [4.69, 9.17) is 11.6 Å². The first-order valence-electron chi connectivity index (χ1n) is 8.48. The van der Waals surface area contributed by atoms with E-state index in [9.17, 15) is 9.59 Å². The maximum atomic E-state index is 12.7. The van der Waals surface area contributed by atoms with E-state index in [1.54, 1.807) is 35.1 Å². The van der Waals surface area contributed by atoms with E-state index in [0.29, 0.717) is 42.6 Å². The van der Waals surface area contributed by atoms with Crippen LogP contribution in [-0.2, 0) is 4.79 Å². The minimum Gasteiger partial charge on any atom is -0.340 e. The number of halogens is 1. The third-order valence-electron chi connectivity index (χ3n) is 4.55. The van der Waals surface area contributed by atoms with E-state index >= 15 is 0 Å². The van der Waals surface area contributed by atoms with E-state index in [1.165, 1.54) is 0 Å². The van der Waals surface area contributed by atoms with Crippen LogP contribution < -0.4 is 5.32 Å². The summed E-state index contributed by atoms with van der Waals surface area (Å²) in [6, 6.07) is 9.05. The van der Waals surface area contributed by atoms with Crippen molar-refractivity contribution in [2.24, 2.45) is 0 Å². The van der Waals surface area contributed by atoms with Crippen molar-refractivity contribution in [1.29, 1.82) is 0 Å². The number of nitrogens with one attached hydrogen (secondary N) is 1. The van der Waals surface area contributed by atoms with Gasteiger partial charge in [-0.15, -0.1) is 0 Å². The van der Waals surface area contributed by atoms with Crippen molar-refractivity contribution in [2.45, 2.75) is 13.8 Å². The molecule has 1 saturated heterocycles. The fourth-order valence-corrected chi connectivity index (χ4v) is 3.09. The number of piperazine rings is 1. The highest BCUT2D eigenvalue weighted by Gasteiger charge is 2.23. The van der Waals surface area contributed by atoms with Gasteiger partial charge in [0, 0.05) is 55.6 Å². The zero-order valence-electron chi connectivity index (χ0n) is 14.8. The summed E-state index contributed by atoms with van der Waals surface area (Å²) in [5.41, 5.74) is 2.34. The van der Waals surface area contributed by atoms with Crippen LogP contribution in [0.2, 0.25) is 5.02 Å². The predicted molar refractivity (Wildman–Crippen MR) is 102 cm³/mol. The number of hydrogen-bond acceptors (Lipinski definition) is 4. The quantitative estimate of drug-likeness (QED) is 0.899. The molecule has 1 N–H and O–H groups in total. The standard InChI is InChI=1S/C19H21ClN4O2/c1-13-16(20)4-3-5-17(13)22-18-12-15(6-7-21-18)19(26)24-10-8-23(9-11-24)14(2)25/h3-7,12H,8-11H2,1-2H3,(H,21,22). The number of nitrogens with zero attached hydrogens (tertiary/aromatic N) is 3. The summed E-state index contributed by atoms with van der Waals surface area (Å²) in [6.45, 7) is 5.69. The van der Waals surface area contributed by atoms with Crippen LogP contribution in [0.25, 0.3) is 0 Å². The SMILES string of the molecule is CC(=O)N1CCN(C(=O)c2ccnc(Nc3cccc(Cl)c3C)c2)CC1. The number of anilines is 2. The molecule has 7 heteroatoms. The number of pyridine rings is 1. The topological polar surface area (TPSA) is 65.5 Å². The van der Waals surface area contributed by atoms with Gasteiger partial charge in [0.1, 0.15) is 5.82 Å². The smallest absolute Gasteiger partial charge is 0.254 e. The lowest BCUT2D eigenvalue weighted by atomic mass is 10.2. The van der Waals surface area contributed by atoms with Crippen LogP contribution in [0, 0.1) is 6.92 Å². The second-order valence-electron chi connectivity index (χ2n) is 6.27. The molecule has 0 atom stereocenters. The van der Waals surface area contributed by atoms with Crippen LogP contribution >= 0.6 is 11.6 Å². The molecule has 136 valence electrons. The van der Waals surface area contributed by atoms with E-state index in [1.807, 2.05) is 25.1 Å². The molecule has 0 bridgehead atoms.